The van der Waals surface area contributed by atoms with E-state index in [-0.39, 0.29) is 0 Å². The van der Waals surface area contributed by atoms with Crippen LogP contribution in [-0.2, 0) is 0 Å². The van der Waals surface area contributed by atoms with Gasteiger partial charge in [0.2, 0.25) is 0 Å². The molecule has 3 heteroatoms. The fourth-order valence-electron chi connectivity index (χ4n) is 1.52. The second kappa shape index (κ2) is 5.98. The minimum absolute atomic E-state index is 0.516. The van der Waals surface area contributed by atoms with Gasteiger partial charge in [0.15, 0.2) is 5.84 Å². The second-order valence-electron chi connectivity index (χ2n) is 3.63. The Balaban J connectivity index is 2.32. The number of nitrogens with zero attached hydrogens (tertiary/aromatic N) is 2. The third kappa shape index (κ3) is 2.96. The Bertz CT molecular complexity index is 574. The van der Waals surface area contributed by atoms with E-state index in [0.717, 1.165) is 11.1 Å². The van der Waals surface area contributed by atoms with Gasteiger partial charge in [-0.05, 0) is 6.72 Å². The predicted molar refractivity (Wildman–Crippen MR) is 80.7 cm³/mol. The lowest BCUT2D eigenvalue weighted by Crippen LogP contribution is -2.02. The maximum atomic E-state index is 5.29. The van der Waals surface area contributed by atoms with E-state index >= 15 is 0 Å². The number of amidine groups is 1. The van der Waals surface area contributed by atoms with E-state index in [1.54, 1.807) is 0 Å². The van der Waals surface area contributed by atoms with E-state index in [2.05, 4.69) is 16.7 Å². The van der Waals surface area contributed by atoms with Crippen LogP contribution in [0.25, 0.3) is 0 Å². The molecule has 0 bridgehead atoms. The lowest BCUT2D eigenvalue weighted by molar-refractivity contribution is 1.52. The van der Waals surface area contributed by atoms with E-state index in [1.165, 1.54) is 0 Å². The maximum absolute atomic E-state index is 5.29. The summed E-state index contributed by atoms with van der Waals surface area (Å²) in [5.41, 5.74) is 1.82. The largest absolute Gasteiger partial charge is 0.245 e. The van der Waals surface area contributed by atoms with Crippen LogP contribution in [0, 0.1) is 0 Å². The summed E-state index contributed by atoms with van der Waals surface area (Å²) < 4.78 is 0. The predicted octanol–water partition coefficient (Wildman–Crippen LogP) is 3.51. The molecule has 0 saturated heterocycles. The van der Waals surface area contributed by atoms with Crippen molar-refractivity contribution >= 4 is 29.8 Å². The highest BCUT2D eigenvalue weighted by atomic mass is 32.1. The zero-order valence-corrected chi connectivity index (χ0v) is 10.6. The lowest BCUT2D eigenvalue weighted by atomic mass is 10.2. The van der Waals surface area contributed by atoms with Crippen molar-refractivity contribution in [2.24, 2.45) is 9.98 Å². The van der Waals surface area contributed by atoms with Crippen LogP contribution in [0.3, 0.4) is 0 Å². The van der Waals surface area contributed by atoms with Gasteiger partial charge in [-0.2, -0.15) is 0 Å². The van der Waals surface area contributed by atoms with Gasteiger partial charge < -0.3 is 0 Å². The standard InChI is InChI=1S/C15H12N2S/c1-16-14(12-8-4-2-5-9-12)17-15(18)13-10-6-3-7-11-13/h2-11H,1H2. The molecule has 2 nitrogen and oxygen atoms in total. The molecular weight excluding hydrogens is 240 g/mol. The van der Waals surface area contributed by atoms with Crippen molar-refractivity contribution in [3.63, 3.8) is 0 Å². The van der Waals surface area contributed by atoms with Crippen molar-refractivity contribution in [2.45, 2.75) is 0 Å². The summed E-state index contributed by atoms with van der Waals surface area (Å²) in [7, 11) is 0. The average Bonchev–Trinajstić information content (AvgIpc) is 2.46. The van der Waals surface area contributed by atoms with Crippen molar-refractivity contribution in [2.75, 3.05) is 0 Å². The van der Waals surface area contributed by atoms with Crippen LogP contribution in [0.1, 0.15) is 11.1 Å². The van der Waals surface area contributed by atoms with E-state index in [4.69, 9.17) is 12.2 Å². The summed E-state index contributed by atoms with van der Waals surface area (Å²) in [5.74, 6) is 0.546. The third-order valence-electron chi connectivity index (χ3n) is 2.41. The smallest absolute Gasteiger partial charge is 0.160 e. The number of benzene rings is 2. The first-order valence-corrected chi connectivity index (χ1v) is 5.92. The Morgan fingerprint density at radius 1 is 0.833 bits per heavy atom. The monoisotopic (exact) mass is 252 g/mol. The maximum Gasteiger partial charge on any atom is 0.160 e. The first kappa shape index (κ1) is 12.3. The molecule has 88 valence electrons. The SMILES string of the molecule is C=NC(=NC(=S)c1ccccc1)c1ccccc1. The summed E-state index contributed by atoms with van der Waals surface area (Å²) >= 11 is 5.29. The summed E-state index contributed by atoms with van der Waals surface area (Å²) in [6, 6.07) is 19.3. The van der Waals surface area contributed by atoms with Crippen LogP contribution >= 0.6 is 12.2 Å². The molecule has 0 radical (unpaired) electrons. The highest BCUT2D eigenvalue weighted by molar-refractivity contribution is 7.80. The summed E-state index contributed by atoms with van der Waals surface area (Å²) in [5, 5.41) is 0. The normalized spacial score (nSPS) is 11.0. The number of rotatable bonds is 2. The van der Waals surface area contributed by atoms with Crippen molar-refractivity contribution in [1.82, 2.24) is 0 Å². The summed E-state index contributed by atoms with van der Waals surface area (Å²) in [4.78, 5) is 8.81. The molecule has 0 fully saturated rings. The Kier molecular flexibility index (Phi) is 4.10. The molecule has 0 aliphatic rings. The van der Waals surface area contributed by atoms with Crippen molar-refractivity contribution in [1.29, 1.82) is 0 Å². The molecule has 2 aromatic rings. The third-order valence-corrected chi connectivity index (χ3v) is 2.74. The van der Waals surface area contributed by atoms with Crippen LogP contribution in [-0.4, -0.2) is 17.5 Å². The molecule has 0 aromatic heterocycles. The van der Waals surface area contributed by atoms with Gasteiger partial charge in [0.25, 0.3) is 0 Å². The van der Waals surface area contributed by atoms with Gasteiger partial charge in [-0.15, -0.1) is 0 Å². The molecule has 0 spiro atoms. The number of hydrogen-bond acceptors (Lipinski definition) is 1. The Hall–Kier alpha value is -2.13. The van der Waals surface area contributed by atoms with Crippen LogP contribution < -0.4 is 0 Å². The Morgan fingerprint density at radius 3 is 1.83 bits per heavy atom. The van der Waals surface area contributed by atoms with Gasteiger partial charge in [0.1, 0.15) is 4.99 Å². The summed E-state index contributed by atoms with van der Waals surface area (Å²) in [6.45, 7) is 3.54. The molecule has 0 amide bonds. The lowest BCUT2D eigenvalue weighted by Gasteiger charge is -2.02. The molecule has 0 N–H and O–H groups in total. The van der Waals surface area contributed by atoms with Crippen LogP contribution in [0.5, 0.6) is 0 Å². The van der Waals surface area contributed by atoms with Gasteiger partial charge in [-0.1, -0.05) is 72.9 Å². The molecule has 0 saturated carbocycles. The van der Waals surface area contributed by atoms with Gasteiger partial charge in [0, 0.05) is 11.1 Å². The highest BCUT2D eigenvalue weighted by Crippen LogP contribution is 2.07. The minimum atomic E-state index is 0.516. The molecular formula is C15H12N2S. The Labute approximate surface area is 112 Å². The average molecular weight is 252 g/mol. The zero-order chi connectivity index (χ0) is 12.8. The van der Waals surface area contributed by atoms with E-state index in [9.17, 15) is 0 Å². The molecule has 0 heterocycles. The molecule has 0 aliphatic carbocycles. The molecule has 0 atom stereocenters. The number of hydrogen-bond donors (Lipinski definition) is 0. The van der Waals surface area contributed by atoms with Crippen molar-refractivity contribution < 1.29 is 0 Å². The Morgan fingerprint density at radius 2 is 1.33 bits per heavy atom. The summed E-state index contributed by atoms with van der Waals surface area (Å²) in [6.07, 6.45) is 0. The van der Waals surface area contributed by atoms with Gasteiger partial charge in [-0.25, -0.2) is 9.98 Å². The van der Waals surface area contributed by atoms with Gasteiger partial charge in [0.05, 0.1) is 0 Å². The van der Waals surface area contributed by atoms with E-state index in [0.29, 0.717) is 10.8 Å². The first-order chi connectivity index (χ1) is 8.81. The fourth-order valence-corrected chi connectivity index (χ4v) is 1.74. The first-order valence-electron chi connectivity index (χ1n) is 5.51. The number of thiocarbonyl (C=S) groups is 1. The van der Waals surface area contributed by atoms with Crippen LogP contribution in [0.4, 0.5) is 0 Å². The highest BCUT2D eigenvalue weighted by Gasteiger charge is 2.03. The number of aliphatic imine (C=N–C) groups is 2. The van der Waals surface area contributed by atoms with Crippen molar-refractivity contribution in [3.8, 4) is 0 Å². The van der Waals surface area contributed by atoms with Gasteiger partial charge in [-0.3, -0.25) is 0 Å². The molecule has 18 heavy (non-hydrogen) atoms. The fraction of sp³-hybridized carbons (Fsp3) is 0. The van der Waals surface area contributed by atoms with Crippen LogP contribution in [0.15, 0.2) is 70.6 Å². The molecule has 0 aliphatic heterocycles. The zero-order valence-electron chi connectivity index (χ0n) is 9.78. The van der Waals surface area contributed by atoms with E-state index in [1.807, 2.05) is 60.7 Å². The second-order valence-corrected chi connectivity index (χ2v) is 4.02. The topological polar surface area (TPSA) is 24.7 Å². The molecule has 0 unspecified atom stereocenters. The molecule has 2 rings (SSSR count). The van der Waals surface area contributed by atoms with E-state index < -0.39 is 0 Å². The van der Waals surface area contributed by atoms with Gasteiger partial charge >= 0.3 is 0 Å². The minimum Gasteiger partial charge on any atom is -0.245 e. The molecule has 2 aromatic carbocycles. The van der Waals surface area contributed by atoms with Crippen molar-refractivity contribution in [3.05, 3.63) is 71.8 Å². The quantitative estimate of drug-likeness (QED) is 0.456. The van der Waals surface area contributed by atoms with Crippen LogP contribution in [0.2, 0.25) is 0 Å².